The first-order valence-electron chi connectivity index (χ1n) is 7.91. The molecular formula is C17H27N2Se+. The van der Waals surface area contributed by atoms with E-state index in [0.717, 1.165) is 10.6 Å². The van der Waals surface area contributed by atoms with E-state index in [1.54, 1.807) is 4.46 Å². The van der Waals surface area contributed by atoms with Gasteiger partial charge in [-0.05, 0) is 0 Å². The summed E-state index contributed by atoms with van der Waals surface area (Å²) in [4.78, 5) is 0. The molecule has 1 aliphatic heterocycles. The SMILES string of the molecule is C[N+]1(C)NC2(CCCCC2)CC1C[Se]c1ccccc1. The standard InChI is InChI=1S/C17H27N2Se/c1-19(2)15(14-20-16-9-5-3-6-10-16)13-17(18-19)11-7-4-8-12-17/h3,5-6,9-10,15,18H,4,7-8,11-14H2,1-2H3/q+1. The first kappa shape index (κ1) is 14.6. The zero-order chi connectivity index (χ0) is 14.1. The second kappa shape index (κ2) is 5.81. The van der Waals surface area contributed by atoms with E-state index >= 15 is 0 Å². The molecule has 0 amide bonds. The molecule has 1 aliphatic carbocycles. The molecule has 3 rings (SSSR count). The number of hydrogen-bond acceptors (Lipinski definition) is 1. The fraction of sp³-hybridized carbons (Fsp3) is 0.647. The van der Waals surface area contributed by atoms with Crippen molar-refractivity contribution in [2.75, 3.05) is 14.1 Å². The van der Waals surface area contributed by atoms with Gasteiger partial charge in [-0.2, -0.15) is 0 Å². The summed E-state index contributed by atoms with van der Waals surface area (Å²) in [6.45, 7) is 0. The van der Waals surface area contributed by atoms with Gasteiger partial charge in [0.15, 0.2) is 0 Å². The molecule has 2 fully saturated rings. The van der Waals surface area contributed by atoms with Gasteiger partial charge in [0.05, 0.1) is 0 Å². The molecule has 2 nitrogen and oxygen atoms in total. The van der Waals surface area contributed by atoms with Crippen molar-refractivity contribution in [2.24, 2.45) is 0 Å². The van der Waals surface area contributed by atoms with Gasteiger partial charge in [-0.25, -0.2) is 0 Å². The molecular weight excluding hydrogens is 311 g/mol. The first-order chi connectivity index (χ1) is 9.60. The van der Waals surface area contributed by atoms with Crippen LogP contribution in [-0.4, -0.2) is 45.2 Å². The minimum atomic E-state index is 0.458. The summed E-state index contributed by atoms with van der Waals surface area (Å²) in [5, 5.41) is 1.36. The Morgan fingerprint density at radius 2 is 1.85 bits per heavy atom. The van der Waals surface area contributed by atoms with Gasteiger partial charge in [-0.15, -0.1) is 0 Å². The summed E-state index contributed by atoms with van der Waals surface area (Å²) in [5.74, 6) is 0. The van der Waals surface area contributed by atoms with E-state index in [1.165, 1.54) is 43.8 Å². The van der Waals surface area contributed by atoms with Crippen LogP contribution in [0.2, 0.25) is 5.32 Å². The summed E-state index contributed by atoms with van der Waals surface area (Å²) in [7, 11) is 4.74. The van der Waals surface area contributed by atoms with Crippen LogP contribution in [-0.2, 0) is 0 Å². The zero-order valence-electron chi connectivity index (χ0n) is 12.8. The van der Waals surface area contributed by atoms with E-state index in [0.29, 0.717) is 20.5 Å². The van der Waals surface area contributed by atoms with Crippen LogP contribution >= 0.6 is 0 Å². The van der Waals surface area contributed by atoms with Crippen molar-refractivity contribution in [3.05, 3.63) is 30.3 Å². The van der Waals surface area contributed by atoms with E-state index in [1.807, 2.05) is 0 Å². The van der Waals surface area contributed by atoms with Gasteiger partial charge in [0, 0.05) is 0 Å². The molecule has 110 valence electrons. The van der Waals surface area contributed by atoms with Crippen LogP contribution in [0.5, 0.6) is 0 Å². The van der Waals surface area contributed by atoms with Crippen LogP contribution in [0.4, 0.5) is 0 Å². The van der Waals surface area contributed by atoms with Crippen molar-refractivity contribution < 1.29 is 4.59 Å². The Morgan fingerprint density at radius 1 is 1.15 bits per heavy atom. The van der Waals surface area contributed by atoms with Crippen molar-refractivity contribution >= 4 is 19.4 Å². The van der Waals surface area contributed by atoms with Crippen molar-refractivity contribution in [3.8, 4) is 0 Å². The van der Waals surface area contributed by atoms with Crippen LogP contribution < -0.4 is 9.89 Å². The monoisotopic (exact) mass is 339 g/mol. The Morgan fingerprint density at radius 3 is 2.55 bits per heavy atom. The minimum absolute atomic E-state index is 0.458. The number of benzene rings is 1. The summed E-state index contributed by atoms with van der Waals surface area (Å²) in [5.41, 5.74) is 4.44. The predicted octanol–water partition coefficient (Wildman–Crippen LogP) is 2.49. The number of quaternary nitrogens is 1. The maximum absolute atomic E-state index is 3.98. The Hall–Kier alpha value is -0.341. The van der Waals surface area contributed by atoms with Crippen LogP contribution in [0.3, 0.4) is 0 Å². The fourth-order valence-electron chi connectivity index (χ4n) is 3.93. The van der Waals surface area contributed by atoms with Crippen molar-refractivity contribution in [3.63, 3.8) is 0 Å². The third-order valence-corrected chi connectivity index (χ3v) is 7.49. The molecule has 0 bridgehead atoms. The number of nitrogens with one attached hydrogen (secondary N) is 1. The van der Waals surface area contributed by atoms with E-state index < -0.39 is 0 Å². The molecule has 1 spiro atoms. The Labute approximate surface area is 129 Å². The van der Waals surface area contributed by atoms with E-state index in [-0.39, 0.29) is 0 Å². The molecule has 1 atom stereocenters. The number of rotatable bonds is 3. The van der Waals surface area contributed by atoms with Crippen LogP contribution in [0.1, 0.15) is 38.5 Å². The average molecular weight is 338 g/mol. The average Bonchev–Trinajstić information content (AvgIpc) is 2.69. The Balaban J connectivity index is 1.64. The van der Waals surface area contributed by atoms with Gasteiger partial charge in [0.1, 0.15) is 0 Å². The molecule has 1 N–H and O–H groups in total. The molecule has 20 heavy (non-hydrogen) atoms. The molecule has 1 heterocycles. The second-order valence-corrected chi connectivity index (χ2v) is 9.27. The van der Waals surface area contributed by atoms with Crippen LogP contribution in [0.15, 0.2) is 30.3 Å². The molecule has 1 saturated heterocycles. The van der Waals surface area contributed by atoms with Gasteiger partial charge in [0.2, 0.25) is 0 Å². The molecule has 3 heteroatoms. The molecule has 1 aromatic rings. The predicted molar refractivity (Wildman–Crippen MR) is 86.1 cm³/mol. The topological polar surface area (TPSA) is 12.0 Å². The normalized spacial score (nSPS) is 27.8. The van der Waals surface area contributed by atoms with E-state index in [9.17, 15) is 0 Å². The Kier molecular flexibility index (Phi) is 4.24. The summed E-state index contributed by atoms with van der Waals surface area (Å²) in [6, 6.07) is 11.8. The van der Waals surface area contributed by atoms with Crippen molar-refractivity contribution in [1.29, 1.82) is 0 Å². The van der Waals surface area contributed by atoms with E-state index in [2.05, 4.69) is 49.9 Å². The maximum atomic E-state index is 3.98. The summed E-state index contributed by atoms with van der Waals surface area (Å²) < 4.78 is 2.57. The Bertz CT molecular complexity index is 438. The molecule has 1 unspecified atom stereocenters. The third-order valence-electron chi connectivity index (χ3n) is 5.06. The fourth-order valence-corrected chi connectivity index (χ4v) is 6.50. The van der Waals surface area contributed by atoms with Gasteiger partial charge in [-0.1, -0.05) is 0 Å². The number of hydrogen-bond donors (Lipinski definition) is 1. The summed E-state index contributed by atoms with van der Waals surface area (Å²) in [6.07, 6.45) is 8.45. The zero-order valence-corrected chi connectivity index (χ0v) is 14.5. The van der Waals surface area contributed by atoms with Gasteiger partial charge < -0.3 is 0 Å². The summed E-state index contributed by atoms with van der Waals surface area (Å²) >= 11 is 0.614. The van der Waals surface area contributed by atoms with Crippen LogP contribution in [0.25, 0.3) is 0 Å². The van der Waals surface area contributed by atoms with Crippen LogP contribution in [0, 0.1) is 0 Å². The molecule has 2 aliphatic rings. The number of nitrogens with zero attached hydrogens (tertiary/aromatic N) is 1. The van der Waals surface area contributed by atoms with Gasteiger partial charge in [0.25, 0.3) is 0 Å². The molecule has 1 aromatic carbocycles. The molecule has 0 radical (unpaired) electrons. The quantitative estimate of drug-likeness (QED) is 0.660. The van der Waals surface area contributed by atoms with Gasteiger partial charge >= 0.3 is 129 Å². The second-order valence-electron chi connectivity index (χ2n) is 6.97. The van der Waals surface area contributed by atoms with Crippen molar-refractivity contribution in [2.45, 2.75) is 55.4 Å². The van der Waals surface area contributed by atoms with Crippen molar-refractivity contribution in [1.82, 2.24) is 5.43 Å². The van der Waals surface area contributed by atoms with Gasteiger partial charge in [-0.3, -0.25) is 0 Å². The molecule has 0 aromatic heterocycles. The van der Waals surface area contributed by atoms with E-state index in [4.69, 9.17) is 0 Å². The molecule has 1 saturated carbocycles. The first-order valence-corrected chi connectivity index (χ1v) is 9.97. The third kappa shape index (κ3) is 3.12.